The highest BCUT2D eigenvalue weighted by molar-refractivity contribution is 7.88. The molecule has 1 amide bonds. The van der Waals surface area contributed by atoms with Crippen LogP contribution in [0.1, 0.15) is 5.56 Å². The molecular formula is C13H15ClF2N2O4S. The molecule has 2 N–H and O–H groups in total. The highest BCUT2D eigenvalue weighted by atomic mass is 35.5. The molecule has 2 rings (SSSR count). The Bertz CT molecular complexity index is 714. The molecule has 0 aromatic heterocycles. The van der Waals surface area contributed by atoms with Crippen LogP contribution >= 0.6 is 11.6 Å². The number of alkyl halides is 2. The maximum Gasteiger partial charge on any atom is 0.407 e. The third kappa shape index (κ3) is 4.30. The minimum absolute atomic E-state index is 0.0877. The summed E-state index contributed by atoms with van der Waals surface area (Å²) in [6, 6.07) is 3.25. The Hall–Kier alpha value is -1.45. The summed E-state index contributed by atoms with van der Waals surface area (Å²) in [6.07, 6.45) is -0.868. The van der Waals surface area contributed by atoms with Crippen LogP contribution < -0.4 is 4.72 Å². The predicted octanol–water partition coefficient (Wildman–Crippen LogP) is 1.80. The second-order valence-corrected chi connectivity index (χ2v) is 7.66. The molecule has 0 bridgehead atoms. The summed E-state index contributed by atoms with van der Waals surface area (Å²) in [5, 5.41) is 9.53. The van der Waals surface area contributed by atoms with Gasteiger partial charge in [-0.2, -0.15) is 0 Å². The second kappa shape index (κ2) is 6.21. The van der Waals surface area contributed by atoms with Gasteiger partial charge in [0.15, 0.2) is 0 Å². The molecule has 1 heterocycles. The standard InChI is InChI=1S/C13H15ClF2N2O4S/c1-23(21,22)17-11-10(6-8-3-2-4-9(14)5-8)18(12(19)20)7-13(11,15)16/h2-5,10-11,17H,6-7H2,1H3,(H,19,20)/t10-,11+/m0/s1. The van der Waals surface area contributed by atoms with Crippen LogP contribution in [0.25, 0.3) is 0 Å². The summed E-state index contributed by atoms with van der Waals surface area (Å²) in [6.45, 7) is -1.07. The fourth-order valence-electron chi connectivity index (χ4n) is 2.64. The number of nitrogens with zero attached hydrogens (tertiary/aromatic N) is 1. The minimum Gasteiger partial charge on any atom is -0.465 e. The van der Waals surface area contributed by atoms with E-state index in [1.165, 1.54) is 6.07 Å². The number of amides is 1. The number of nitrogens with one attached hydrogen (secondary N) is 1. The van der Waals surface area contributed by atoms with Crippen molar-refractivity contribution in [3.8, 4) is 0 Å². The smallest absolute Gasteiger partial charge is 0.407 e. The largest absolute Gasteiger partial charge is 0.465 e. The van der Waals surface area contributed by atoms with Gasteiger partial charge in [-0.1, -0.05) is 23.7 Å². The lowest BCUT2D eigenvalue weighted by atomic mass is 9.99. The van der Waals surface area contributed by atoms with Gasteiger partial charge in [0.2, 0.25) is 10.0 Å². The maximum absolute atomic E-state index is 14.1. The summed E-state index contributed by atoms with van der Waals surface area (Å²) in [4.78, 5) is 11.8. The van der Waals surface area contributed by atoms with E-state index in [1.54, 1.807) is 18.2 Å². The number of rotatable bonds is 4. The normalized spacial score (nSPS) is 23.9. The summed E-state index contributed by atoms with van der Waals surface area (Å²) in [7, 11) is -3.94. The molecule has 1 aliphatic heterocycles. The van der Waals surface area contributed by atoms with Gasteiger partial charge in [-0.05, 0) is 24.1 Å². The number of halogens is 3. The van der Waals surface area contributed by atoms with Gasteiger partial charge in [0.05, 0.1) is 18.8 Å². The minimum atomic E-state index is -3.94. The van der Waals surface area contributed by atoms with Crippen molar-refractivity contribution in [2.45, 2.75) is 24.4 Å². The first-order valence-electron chi connectivity index (χ1n) is 6.59. The van der Waals surface area contributed by atoms with Crippen molar-refractivity contribution < 1.29 is 27.1 Å². The predicted molar refractivity (Wildman–Crippen MR) is 80.4 cm³/mol. The first-order chi connectivity index (χ1) is 10.5. The van der Waals surface area contributed by atoms with Crippen molar-refractivity contribution in [2.75, 3.05) is 12.8 Å². The maximum atomic E-state index is 14.1. The Kier molecular flexibility index (Phi) is 4.84. The zero-order valence-corrected chi connectivity index (χ0v) is 13.6. The highest BCUT2D eigenvalue weighted by Crippen LogP contribution is 2.35. The molecule has 2 atom stereocenters. The molecule has 1 saturated heterocycles. The summed E-state index contributed by atoms with van der Waals surface area (Å²) < 4.78 is 52.9. The van der Waals surface area contributed by atoms with Crippen molar-refractivity contribution in [1.29, 1.82) is 0 Å². The molecule has 1 aromatic rings. The van der Waals surface area contributed by atoms with Crippen LogP contribution in [0.4, 0.5) is 13.6 Å². The Morgan fingerprint density at radius 1 is 1.52 bits per heavy atom. The van der Waals surface area contributed by atoms with Gasteiger partial charge in [-0.3, -0.25) is 4.90 Å². The second-order valence-electron chi connectivity index (χ2n) is 5.44. The Balaban J connectivity index is 2.37. The first kappa shape index (κ1) is 17.9. The third-order valence-corrected chi connectivity index (χ3v) is 4.46. The van der Waals surface area contributed by atoms with E-state index >= 15 is 0 Å². The zero-order chi connectivity index (χ0) is 17.4. The Morgan fingerprint density at radius 2 is 2.17 bits per heavy atom. The van der Waals surface area contributed by atoms with E-state index in [0.717, 1.165) is 6.26 Å². The lowest BCUT2D eigenvalue weighted by molar-refractivity contribution is -0.00558. The van der Waals surface area contributed by atoms with Crippen LogP contribution in [-0.2, 0) is 16.4 Å². The van der Waals surface area contributed by atoms with Crippen LogP contribution in [0.2, 0.25) is 5.02 Å². The molecular weight excluding hydrogens is 354 g/mol. The lowest BCUT2D eigenvalue weighted by Gasteiger charge is -2.26. The van der Waals surface area contributed by atoms with E-state index in [4.69, 9.17) is 16.7 Å². The van der Waals surface area contributed by atoms with Crippen LogP contribution in [0.15, 0.2) is 24.3 Å². The SMILES string of the molecule is CS(=O)(=O)N[C@@H]1[C@H](Cc2cccc(Cl)c2)N(C(=O)O)CC1(F)F. The van der Waals surface area contributed by atoms with E-state index in [2.05, 4.69) is 0 Å². The Morgan fingerprint density at radius 3 is 2.70 bits per heavy atom. The number of carboxylic acid groups (broad SMARTS) is 1. The number of hydrogen-bond acceptors (Lipinski definition) is 3. The molecule has 0 radical (unpaired) electrons. The van der Waals surface area contributed by atoms with Crippen LogP contribution in [0, 0.1) is 0 Å². The molecule has 23 heavy (non-hydrogen) atoms. The van der Waals surface area contributed by atoms with Gasteiger partial charge >= 0.3 is 6.09 Å². The number of hydrogen-bond donors (Lipinski definition) is 2. The molecule has 0 saturated carbocycles. The molecule has 10 heteroatoms. The van der Waals surface area contributed by atoms with E-state index in [9.17, 15) is 22.0 Å². The topological polar surface area (TPSA) is 86.7 Å². The van der Waals surface area contributed by atoms with E-state index < -0.39 is 40.7 Å². The number of sulfonamides is 1. The van der Waals surface area contributed by atoms with Crippen LogP contribution in [-0.4, -0.2) is 55.3 Å². The fraction of sp³-hybridized carbons (Fsp3) is 0.462. The summed E-state index contributed by atoms with van der Waals surface area (Å²) in [5.74, 6) is -3.51. The molecule has 0 aliphatic carbocycles. The average Bonchev–Trinajstić information content (AvgIpc) is 2.61. The first-order valence-corrected chi connectivity index (χ1v) is 8.86. The molecule has 1 aliphatic rings. The molecule has 128 valence electrons. The van der Waals surface area contributed by atoms with Crippen molar-refractivity contribution in [1.82, 2.24) is 9.62 Å². The van der Waals surface area contributed by atoms with Crippen molar-refractivity contribution in [3.05, 3.63) is 34.9 Å². The van der Waals surface area contributed by atoms with Crippen molar-refractivity contribution in [2.24, 2.45) is 0 Å². The average molecular weight is 369 g/mol. The van der Waals surface area contributed by atoms with E-state index in [1.807, 2.05) is 4.72 Å². The quantitative estimate of drug-likeness (QED) is 0.848. The molecule has 1 fully saturated rings. The molecule has 0 unspecified atom stereocenters. The number of likely N-dealkylation sites (tertiary alicyclic amines) is 1. The lowest BCUT2D eigenvalue weighted by Crippen LogP contribution is -2.52. The van der Waals surface area contributed by atoms with Gasteiger partial charge in [0.1, 0.15) is 6.04 Å². The van der Waals surface area contributed by atoms with Crippen molar-refractivity contribution >= 4 is 27.7 Å². The molecule has 0 spiro atoms. The Labute approximate surface area is 137 Å². The number of benzene rings is 1. The molecule has 1 aromatic carbocycles. The van der Waals surface area contributed by atoms with E-state index in [-0.39, 0.29) is 6.42 Å². The highest BCUT2D eigenvalue weighted by Gasteiger charge is 2.56. The van der Waals surface area contributed by atoms with Gasteiger partial charge < -0.3 is 5.11 Å². The number of carbonyl (C=O) groups is 1. The summed E-state index contributed by atoms with van der Waals surface area (Å²) in [5.41, 5.74) is 0.534. The monoisotopic (exact) mass is 368 g/mol. The van der Waals surface area contributed by atoms with Gasteiger partial charge in [-0.15, -0.1) is 0 Å². The fourth-order valence-corrected chi connectivity index (χ4v) is 3.65. The van der Waals surface area contributed by atoms with Gasteiger partial charge in [0, 0.05) is 5.02 Å². The van der Waals surface area contributed by atoms with Crippen molar-refractivity contribution in [3.63, 3.8) is 0 Å². The molecule has 6 nitrogen and oxygen atoms in total. The van der Waals surface area contributed by atoms with Crippen LogP contribution in [0.5, 0.6) is 0 Å². The zero-order valence-electron chi connectivity index (χ0n) is 12.0. The van der Waals surface area contributed by atoms with Crippen LogP contribution in [0.3, 0.4) is 0 Å². The van der Waals surface area contributed by atoms with Gasteiger partial charge in [0.25, 0.3) is 5.92 Å². The third-order valence-electron chi connectivity index (χ3n) is 3.54. The summed E-state index contributed by atoms with van der Waals surface area (Å²) >= 11 is 5.84. The van der Waals surface area contributed by atoms with Gasteiger partial charge in [-0.25, -0.2) is 26.7 Å². The van der Waals surface area contributed by atoms with E-state index in [0.29, 0.717) is 15.5 Å².